The predicted molar refractivity (Wildman–Crippen MR) is 97.7 cm³/mol. The van der Waals surface area contributed by atoms with Crippen LogP contribution in [0.1, 0.15) is 64.7 Å². The minimum atomic E-state index is -0.647. The van der Waals surface area contributed by atoms with E-state index < -0.39 is 6.10 Å². The van der Waals surface area contributed by atoms with Crippen LogP contribution < -0.4 is 4.74 Å². The van der Waals surface area contributed by atoms with Crippen molar-refractivity contribution in [2.75, 3.05) is 19.8 Å². The van der Waals surface area contributed by atoms with E-state index in [1.807, 2.05) is 0 Å². The van der Waals surface area contributed by atoms with Crippen molar-refractivity contribution in [1.29, 1.82) is 0 Å². The van der Waals surface area contributed by atoms with Crippen LogP contribution in [0, 0.1) is 0 Å². The third-order valence-corrected chi connectivity index (χ3v) is 3.96. The van der Waals surface area contributed by atoms with Gasteiger partial charge in [0.25, 0.3) is 0 Å². The van der Waals surface area contributed by atoms with E-state index in [2.05, 4.69) is 6.92 Å². The smallest absolute Gasteiger partial charge is 0.123 e. The lowest BCUT2D eigenvalue weighted by Crippen LogP contribution is -2.23. The lowest BCUT2D eigenvalue weighted by Gasteiger charge is -2.13. The third kappa shape index (κ3) is 11.3. The lowest BCUT2D eigenvalue weighted by atomic mass is 10.1. The maximum absolute atomic E-state index is 9.81. The average Bonchev–Trinajstić information content (AvgIpc) is 2.58. The number of aliphatic hydroxyl groups is 1. The fourth-order valence-electron chi connectivity index (χ4n) is 2.55. The molecular weight excluding hydrogens is 304 g/mol. The summed E-state index contributed by atoms with van der Waals surface area (Å²) in [5.74, 6) is 0.705. The topological polar surface area (TPSA) is 58.9 Å². The summed E-state index contributed by atoms with van der Waals surface area (Å²) in [5.41, 5.74) is 0. The average molecular weight is 338 g/mol. The Morgan fingerprint density at radius 3 is 2.25 bits per heavy atom. The molecule has 0 bridgehead atoms. The van der Waals surface area contributed by atoms with Gasteiger partial charge in [0, 0.05) is 12.7 Å². The second kappa shape index (κ2) is 14.1. The molecule has 0 saturated heterocycles. The molecule has 0 radical (unpaired) electrons. The van der Waals surface area contributed by atoms with Gasteiger partial charge in [-0.25, -0.2) is 0 Å². The van der Waals surface area contributed by atoms with Gasteiger partial charge in [-0.3, -0.25) is 0 Å². The largest absolute Gasteiger partial charge is 0.508 e. The summed E-state index contributed by atoms with van der Waals surface area (Å²) in [6.07, 6.45) is 11.0. The molecule has 0 aliphatic heterocycles. The molecule has 0 aliphatic rings. The van der Waals surface area contributed by atoms with E-state index in [0.717, 1.165) is 6.42 Å². The Morgan fingerprint density at radius 2 is 1.58 bits per heavy atom. The predicted octanol–water partition coefficient (Wildman–Crippen LogP) is 4.68. The van der Waals surface area contributed by atoms with Crippen LogP contribution in [0.2, 0.25) is 0 Å². The second-order valence-corrected chi connectivity index (χ2v) is 6.37. The molecule has 0 spiro atoms. The Balaban J connectivity index is 1.88. The van der Waals surface area contributed by atoms with Crippen LogP contribution in [0.4, 0.5) is 0 Å². The second-order valence-electron chi connectivity index (χ2n) is 6.37. The highest BCUT2D eigenvalue weighted by Crippen LogP contribution is 2.17. The minimum absolute atomic E-state index is 0.156. The molecular formula is C20H34O4. The van der Waals surface area contributed by atoms with Crippen molar-refractivity contribution in [2.24, 2.45) is 0 Å². The summed E-state index contributed by atoms with van der Waals surface area (Å²) in [6.45, 7) is 3.39. The molecule has 4 nitrogen and oxygen atoms in total. The number of hydrogen-bond acceptors (Lipinski definition) is 4. The number of benzene rings is 1. The number of hydrogen-bond donors (Lipinski definition) is 2. The highest BCUT2D eigenvalue weighted by molar-refractivity contribution is 5.31. The molecule has 0 aliphatic carbocycles. The summed E-state index contributed by atoms with van der Waals surface area (Å²) < 4.78 is 10.9. The lowest BCUT2D eigenvalue weighted by molar-refractivity contribution is 0.0109. The van der Waals surface area contributed by atoms with Crippen LogP contribution in [0.15, 0.2) is 24.3 Å². The molecule has 1 aromatic carbocycles. The Hall–Kier alpha value is -1.26. The first kappa shape index (κ1) is 20.8. The van der Waals surface area contributed by atoms with E-state index in [-0.39, 0.29) is 19.0 Å². The van der Waals surface area contributed by atoms with Crippen molar-refractivity contribution in [2.45, 2.75) is 70.8 Å². The van der Waals surface area contributed by atoms with E-state index in [4.69, 9.17) is 9.47 Å². The molecule has 0 amide bonds. The van der Waals surface area contributed by atoms with Gasteiger partial charge in [0.2, 0.25) is 0 Å². The fraction of sp³-hybridized carbons (Fsp3) is 0.700. The molecule has 24 heavy (non-hydrogen) atoms. The summed E-state index contributed by atoms with van der Waals surface area (Å²) >= 11 is 0. The monoisotopic (exact) mass is 338 g/mol. The normalized spacial score (nSPS) is 12.2. The summed E-state index contributed by atoms with van der Waals surface area (Å²) in [6, 6.07) is 6.56. The summed E-state index contributed by atoms with van der Waals surface area (Å²) in [4.78, 5) is 0. The first-order valence-corrected chi connectivity index (χ1v) is 9.40. The van der Waals surface area contributed by atoms with Gasteiger partial charge < -0.3 is 19.7 Å². The van der Waals surface area contributed by atoms with E-state index in [0.29, 0.717) is 12.4 Å². The molecule has 0 heterocycles. The SMILES string of the molecule is CCCCCCCCCCCOCC(O)COc1cccc(O)c1. The zero-order valence-electron chi connectivity index (χ0n) is 15.1. The van der Waals surface area contributed by atoms with Gasteiger partial charge in [0.05, 0.1) is 6.61 Å². The third-order valence-electron chi connectivity index (χ3n) is 3.96. The molecule has 4 heteroatoms. The number of ether oxygens (including phenoxy) is 2. The summed E-state index contributed by atoms with van der Waals surface area (Å²) in [7, 11) is 0. The van der Waals surface area contributed by atoms with Gasteiger partial charge in [0.1, 0.15) is 24.2 Å². The Morgan fingerprint density at radius 1 is 0.917 bits per heavy atom. The summed E-state index contributed by atoms with van der Waals surface area (Å²) in [5, 5.41) is 19.1. The van der Waals surface area contributed by atoms with E-state index in [9.17, 15) is 10.2 Å². The molecule has 0 fully saturated rings. The standard InChI is InChI=1S/C20H34O4/c1-2-3-4-5-6-7-8-9-10-14-23-16-19(22)17-24-20-13-11-12-18(21)15-20/h11-13,15,19,21-22H,2-10,14,16-17H2,1H3. The van der Waals surface area contributed by atoms with E-state index in [1.165, 1.54) is 57.4 Å². The number of unbranched alkanes of at least 4 members (excludes halogenated alkanes) is 8. The van der Waals surface area contributed by atoms with E-state index in [1.54, 1.807) is 18.2 Å². The Labute approximate surface area is 146 Å². The maximum atomic E-state index is 9.81. The van der Waals surface area contributed by atoms with Crippen LogP contribution in [0.3, 0.4) is 0 Å². The van der Waals surface area contributed by atoms with Crippen molar-refractivity contribution in [3.63, 3.8) is 0 Å². The van der Waals surface area contributed by atoms with Crippen molar-refractivity contribution >= 4 is 0 Å². The maximum Gasteiger partial charge on any atom is 0.123 e. The van der Waals surface area contributed by atoms with Gasteiger partial charge in [-0.15, -0.1) is 0 Å². The van der Waals surface area contributed by atoms with Crippen LogP contribution in [0.5, 0.6) is 11.5 Å². The zero-order valence-corrected chi connectivity index (χ0v) is 15.1. The molecule has 0 aromatic heterocycles. The van der Waals surface area contributed by atoms with Crippen molar-refractivity contribution < 1.29 is 19.7 Å². The number of rotatable bonds is 15. The van der Waals surface area contributed by atoms with Gasteiger partial charge in [-0.2, -0.15) is 0 Å². The first-order chi connectivity index (χ1) is 11.7. The Bertz CT molecular complexity index is 408. The zero-order chi connectivity index (χ0) is 17.5. The van der Waals surface area contributed by atoms with Crippen LogP contribution in [-0.4, -0.2) is 36.1 Å². The van der Waals surface area contributed by atoms with Crippen LogP contribution in [-0.2, 0) is 4.74 Å². The molecule has 1 aromatic rings. The number of aromatic hydroxyl groups is 1. The van der Waals surface area contributed by atoms with Gasteiger partial charge in [0.15, 0.2) is 0 Å². The quantitative estimate of drug-likeness (QED) is 0.456. The van der Waals surface area contributed by atoms with Crippen molar-refractivity contribution in [1.82, 2.24) is 0 Å². The Kier molecular flexibility index (Phi) is 12.2. The van der Waals surface area contributed by atoms with Gasteiger partial charge >= 0.3 is 0 Å². The first-order valence-electron chi connectivity index (χ1n) is 9.40. The number of phenols is 1. The van der Waals surface area contributed by atoms with E-state index >= 15 is 0 Å². The highest BCUT2D eigenvalue weighted by Gasteiger charge is 2.06. The number of phenolic OH excluding ortho intramolecular Hbond substituents is 1. The molecule has 1 atom stereocenters. The molecule has 138 valence electrons. The highest BCUT2D eigenvalue weighted by atomic mass is 16.5. The molecule has 0 saturated carbocycles. The molecule has 1 unspecified atom stereocenters. The fourth-order valence-corrected chi connectivity index (χ4v) is 2.55. The van der Waals surface area contributed by atoms with Crippen LogP contribution >= 0.6 is 0 Å². The van der Waals surface area contributed by atoms with Gasteiger partial charge in [-0.05, 0) is 18.6 Å². The van der Waals surface area contributed by atoms with Gasteiger partial charge in [-0.1, -0.05) is 64.4 Å². The number of aliphatic hydroxyl groups excluding tert-OH is 1. The van der Waals surface area contributed by atoms with Crippen molar-refractivity contribution in [3.8, 4) is 11.5 Å². The minimum Gasteiger partial charge on any atom is -0.508 e. The van der Waals surface area contributed by atoms with Crippen LogP contribution in [0.25, 0.3) is 0 Å². The van der Waals surface area contributed by atoms with Crippen molar-refractivity contribution in [3.05, 3.63) is 24.3 Å². The molecule has 1 rings (SSSR count). The molecule has 2 N–H and O–H groups in total.